The third kappa shape index (κ3) is 9.38. The summed E-state index contributed by atoms with van der Waals surface area (Å²) in [4.78, 5) is 12.6. The van der Waals surface area contributed by atoms with Crippen LogP contribution in [-0.2, 0) is 9.53 Å². The minimum absolute atomic E-state index is 0. The fraction of sp³-hybridized carbons (Fsp3) is 0.955. The molecule has 4 heteroatoms. The van der Waals surface area contributed by atoms with Gasteiger partial charge in [0.1, 0.15) is 6.10 Å². The maximum atomic E-state index is 12.6. The number of quaternary nitrogens is 1. The molecule has 3 nitrogen and oxygen atoms in total. The second-order valence-electron chi connectivity index (χ2n) is 9.76. The van der Waals surface area contributed by atoms with Gasteiger partial charge in [0, 0.05) is 12.8 Å². The average Bonchev–Trinajstić information content (AvgIpc) is 2.53. The van der Waals surface area contributed by atoms with Crippen molar-refractivity contribution in [1.82, 2.24) is 0 Å². The molecule has 0 spiro atoms. The molecule has 1 aliphatic heterocycles. The number of likely N-dealkylation sites (N-methyl/N-ethyl adjacent to an activating group) is 1. The van der Waals surface area contributed by atoms with Crippen molar-refractivity contribution in [3.63, 3.8) is 0 Å². The van der Waals surface area contributed by atoms with Crippen molar-refractivity contribution in [3.05, 3.63) is 0 Å². The summed E-state index contributed by atoms with van der Waals surface area (Å²) in [6.45, 7) is 7.46. The number of hydrogen-bond donors (Lipinski definition) is 0. The Morgan fingerprint density at radius 2 is 1.31 bits per heavy atom. The zero-order valence-electron chi connectivity index (χ0n) is 17.5. The molecule has 0 radical (unpaired) electrons. The normalized spacial score (nSPS) is 25.2. The summed E-state index contributed by atoms with van der Waals surface area (Å²) in [5, 5.41) is 0. The van der Waals surface area contributed by atoms with Crippen LogP contribution >= 0.6 is 0 Å². The fourth-order valence-electron chi connectivity index (χ4n) is 4.32. The van der Waals surface area contributed by atoms with Crippen molar-refractivity contribution < 1.29 is 38.0 Å². The molecule has 0 aromatic carbocycles. The number of piperidine rings is 1. The van der Waals surface area contributed by atoms with Gasteiger partial charge in [-0.05, 0) is 31.1 Å². The van der Waals surface area contributed by atoms with Crippen molar-refractivity contribution >= 4 is 5.97 Å². The Bertz CT molecular complexity index is 389. The SMILES string of the molecule is CC1(C)CC[N+](C)(CC(=O)OC2CCCCCCCCCCC2)CC1.[I-]. The van der Waals surface area contributed by atoms with Crippen LogP contribution in [0.1, 0.15) is 97.3 Å². The van der Waals surface area contributed by atoms with Gasteiger partial charge >= 0.3 is 5.97 Å². The van der Waals surface area contributed by atoms with Gasteiger partial charge in [-0.1, -0.05) is 58.8 Å². The largest absolute Gasteiger partial charge is 1.00 e. The number of esters is 1. The van der Waals surface area contributed by atoms with Crippen LogP contribution in [0.4, 0.5) is 0 Å². The van der Waals surface area contributed by atoms with Gasteiger partial charge < -0.3 is 33.2 Å². The molecule has 0 amide bonds. The number of halogens is 1. The molecule has 0 N–H and O–H groups in total. The minimum Gasteiger partial charge on any atom is -1.00 e. The predicted molar refractivity (Wildman–Crippen MR) is 104 cm³/mol. The lowest BCUT2D eigenvalue weighted by molar-refractivity contribution is -0.909. The van der Waals surface area contributed by atoms with Crippen molar-refractivity contribution in [2.24, 2.45) is 5.41 Å². The predicted octanol–water partition coefficient (Wildman–Crippen LogP) is 2.47. The highest BCUT2D eigenvalue weighted by Gasteiger charge is 2.36. The highest BCUT2D eigenvalue weighted by molar-refractivity contribution is 5.70. The van der Waals surface area contributed by atoms with E-state index < -0.39 is 0 Å². The van der Waals surface area contributed by atoms with Crippen LogP contribution in [0, 0.1) is 5.41 Å². The van der Waals surface area contributed by atoms with Crippen LogP contribution in [0.3, 0.4) is 0 Å². The van der Waals surface area contributed by atoms with Gasteiger partial charge in [-0.2, -0.15) is 0 Å². The summed E-state index contributed by atoms with van der Waals surface area (Å²) in [5.41, 5.74) is 0.440. The van der Waals surface area contributed by atoms with Crippen molar-refractivity contribution in [2.75, 3.05) is 26.7 Å². The monoisotopic (exact) mass is 479 g/mol. The highest BCUT2D eigenvalue weighted by atomic mass is 127. The number of hydrogen-bond acceptors (Lipinski definition) is 2. The molecule has 1 saturated carbocycles. The zero-order chi connectivity index (χ0) is 18.2. The molecule has 0 aromatic rings. The molecule has 0 bridgehead atoms. The van der Waals surface area contributed by atoms with Crippen LogP contribution in [-0.4, -0.2) is 43.2 Å². The lowest BCUT2D eigenvalue weighted by atomic mass is 9.82. The molecule has 1 heterocycles. The molecule has 2 rings (SSSR count). The van der Waals surface area contributed by atoms with Crippen LogP contribution < -0.4 is 24.0 Å². The fourth-order valence-corrected chi connectivity index (χ4v) is 4.32. The summed E-state index contributed by atoms with van der Waals surface area (Å²) in [7, 11) is 2.23. The number of ether oxygens (including phenoxy) is 1. The molecular weight excluding hydrogens is 437 g/mol. The van der Waals surface area contributed by atoms with Crippen molar-refractivity contribution in [1.29, 1.82) is 0 Å². The molecule has 0 aromatic heterocycles. The van der Waals surface area contributed by atoms with Gasteiger partial charge in [-0.15, -0.1) is 0 Å². The van der Waals surface area contributed by atoms with E-state index in [1.165, 1.54) is 70.6 Å². The molecule has 154 valence electrons. The van der Waals surface area contributed by atoms with Crippen molar-refractivity contribution in [3.8, 4) is 0 Å². The van der Waals surface area contributed by atoms with Crippen molar-refractivity contribution in [2.45, 2.75) is 103 Å². The summed E-state index contributed by atoms with van der Waals surface area (Å²) in [6, 6.07) is 0. The van der Waals surface area contributed by atoms with E-state index in [-0.39, 0.29) is 36.0 Å². The lowest BCUT2D eigenvalue weighted by Gasteiger charge is -2.43. The second kappa shape index (κ2) is 11.9. The smallest absolute Gasteiger partial charge is 0.362 e. The van der Waals surface area contributed by atoms with E-state index >= 15 is 0 Å². The number of rotatable bonds is 3. The summed E-state index contributed by atoms with van der Waals surface area (Å²) in [6.07, 6.45) is 16.7. The Hall–Kier alpha value is 0.160. The van der Waals surface area contributed by atoms with E-state index in [0.717, 1.165) is 30.4 Å². The van der Waals surface area contributed by atoms with E-state index in [1.54, 1.807) is 0 Å². The Morgan fingerprint density at radius 1 is 0.885 bits per heavy atom. The van der Waals surface area contributed by atoms with E-state index in [4.69, 9.17) is 4.74 Å². The molecule has 26 heavy (non-hydrogen) atoms. The van der Waals surface area contributed by atoms with E-state index in [0.29, 0.717) is 12.0 Å². The van der Waals surface area contributed by atoms with Gasteiger partial charge in [0.25, 0.3) is 0 Å². The van der Waals surface area contributed by atoms with Crippen LogP contribution in [0.25, 0.3) is 0 Å². The van der Waals surface area contributed by atoms with Gasteiger partial charge in [-0.3, -0.25) is 0 Å². The first kappa shape index (κ1) is 24.2. The third-order valence-electron chi connectivity index (χ3n) is 6.52. The van der Waals surface area contributed by atoms with Crippen LogP contribution in [0.5, 0.6) is 0 Å². The highest BCUT2D eigenvalue weighted by Crippen LogP contribution is 2.32. The summed E-state index contributed by atoms with van der Waals surface area (Å²) >= 11 is 0. The van der Waals surface area contributed by atoms with Gasteiger partial charge in [-0.25, -0.2) is 4.79 Å². The molecular formula is C22H42INO2. The number of carbonyl (C=O) groups is 1. The molecule has 1 aliphatic carbocycles. The maximum Gasteiger partial charge on any atom is 0.362 e. The first-order chi connectivity index (χ1) is 11.9. The summed E-state index contributed by atoms with van der Waals surface area (Å²) in [5.74, 6) is 0.0410. The Labute approximate surface area is 179 Å². The quantitative estimate of drug-likeness (QED) is 0.353. The number of nitrogens with zero attached hydrogens (tertiary/aromatic N) is 1. The molecule has 0 atom stereocenters. The molecule has 2 aliphatic rings. The zero-order valence-corrected chi connectivity index (χ0v) is 19.7. The van der Waals surface area contributed by atoms with Crippen LogP contribution in [0.15, 0.2) is 0 Å². The van der Waals surface area contributed by atoms with E-state index in [2.05, 4.69) is 20.9 Å². The van der Waals surface area contributed by atoms with Gasteiger partial charge in [0.05, 0.1) is 20.1 Å². The first-order valence-electron chi connectivity index (χ1n) is 10.9. The average molecular weight is 479 g/mol. The number of carbonyl (C=O) groups excluding carboxylic acids is 1. The molecule has 1 saturated heterocycles. The standard InChI is InChI=1S/C22H42NO2.HI/c1-22(2)15-17-23(3,18-16-22)19-21(24)25-20-13-11-9-7-5-4-6-8-10-12-14-20;/h20H,4-19H2,1-3H3;1H/q+1;/p-1. The Morgan fingerprint density at radius 3 is 1.77 bits per heavy atom. The van der Waals surface area contributed by atoms with E-state index in [9.17, 15) is 4.79 Å². The maximum absolute atomic E-state index is 12.6. The molecule has 2 fully saturated rings. The third-order valence-corrected chi connectivity index (χ3v) is 6.52. The summed E-state index contributed by atoms with van der Waals surface area (Å²) < 4.78 is 6.83. The van der Waals surface area contributed by atoms with Gasteiger partial charge in [0.2, 0.25) is 0 Å². The Balaban J connectivity index is 0.00000338. The van der Waals surface area contributed by atoms with Crippen LogP contribution in [0.2, 0.25) is 0 Å². The Kier molecular flexibility index (Phi) is 11.1. The molecule has 0 unspecified atom stereocenters. The topological polar surface area (TPSA) is 26.3 Å². The minimum atomic E-state index is 0. The van der Waals surface area contributed by atoms with Gasteiger partial charge in [0.15, 0.2) is 6.54 Å². The van der Waals surface area contributed by atoms with E-state index in [1.807, 2.05) is 0 Å². The number of likely N-dealkylation sites (tertiary alicyclic amines) is 1. The second-order valence-corrected chi connectivity index (χ2v) is 9.76. The first-order valence-corrected chi connectivity index (χ1v) is 10.9. The lowest BCUT2D eigenvalue weighted by Crippen LogP contribution is -3.00.